The zero-order valence-electron chi connectivity index (χ0n) is 18.5. The number of fused-ring (bicyclic) bond motifs is 1. The van der Waals surface area contributed by atoms with Crippen LogP contribution in [0.1, 0.15) is 35.9 Å². The number of hydrogen-bond donors (Lipinski definition) is 2. The van der Waals surface area contributed by atoms with Gasteiger partial charge in [0.2, 0.25) is 11.6 Å². The van der Waals surface area contributed by atoms with Crippen molar-refractivity contribution < 1.29 is 23.6 Å². The first-order valence-corrected chi connectivity index (χ1v) is 10.6. The fourth-order valence-corrected chi connectivity index (χ4v) is 4.46. The highest BCUT2D eigenvalue weighted by Crippen LogP contribution is 2.44. The molecule has 1 aliphatic heterocycles. The maximum atomic E-state index is 13.6. The van der Waals surface area contributed by atoms with E-state index < -0.39 is 6.04 Å². The summed E-state index contributed by atoms with van der Waals surface area (Å²) in [6.07, 6.45) is 1.03. The number of benzene rings is 2. The van der Waals surface area contributed by atoms with Crippen LogP contribution in [0.3, 0.4) is 0 Å². The van der Waals surface area contributed by atoms with E-state index >= 15 is 0 Å². The number of ether oxygens (including phenoxy) is 3. The summed E-state index contributed by atoms with van der Waals surface area (Å²) >= 11 is 0. The van der Waals surface area contributed by atoms with Gasteiger partial charge in [0, 0.05) is 23.8 Å². The first-order valence-electron chi connectivity index (χ1n) is 10.6. The lowest BCUT2D eigenvalue weighted by Crippen LogP contribution is -2.27. The molecule has 2 aromatic carbocycles. The van der Waals surface area contributed by atoms with Crippen molar-refractivity contribution in [1.82, 2.24) is 10.3 Å². The van der Waals surface area contributed by atoms with Crippen LogP contribution < -0.4 is 24.8 Å². The molecule has 5 rings (SSSR count). The third-order valence-corrected chi connectivity index (χ3v) is 6.13. The maximum Gasteiger partial charge on any atom is 0.219 e. The molecule has 9 nitrogen and oxygen atoms in total. The van der Waals surface area contributed by atoms with Crippen LogP contribution in [0.15, 0.2) is 58.4 Å². The molecular weight excluding hydrogens is 424 g/mol. The molecule has 2 aliphatic rings. The summed E-state index contributed by atoms with van der Waals surface area (Å²) in [6.45, 7) is 0. The Labute approximate surface area is 190 Å². The van der Waals surface area contributed by atoms with Crippen molar-refractivity contribution in [3.05, 3.63) is 64.9 Å². The molecule has 3 aromatic rings. The van der Waals surface area contributed by atoms with Crippen molar-refractivity contribution in [1.29, 1.82) is 0 Å². The Balaban J connectivity index is 1.58. The number of carbonyl (C=O) groups excluding carboxylic acids is 1. The van der Waals surface area contributed by atoms with Crippen molar-refractivity contribution in [3.63, 3.8) is 0 Å². The number of hydrogen-bond acceptors (Lipinski definition) is 9. The minimum absolute atomic E-state index is 0.0246. The lowest BCUT2D eigenvalue weighted by Gasteiger charge is -2.30. The molecule has 2 heterocycles. The maximum absolute atomic E-state index is 13.6. The van der Waals surface area contributed by atoms with Crippen LogP contribution in [0.5, 0.6) is 17.2 Å². The number of nitrogens with one attached hydrogen (secondary N) is 2. The fourth-order valence-electron chi connectivity index (χ4n) is 4.46. The summed E-state index contributed by atoms with van der Waals surface area (Å²) in [5.74, 6) is 2.99. The second-order valence-corrected chi connectivity index (χ2v) is 8.00. The summed E-state index contributed by atoms with van der Waals surface area (Å²) in [4.78, 5) is 13.6. The monoisotopic (exact) mass is 448 g/mol. The number of carbonyl (C=O) groups is 1. The Morgan fingerprint density at radius 1 is 0.848 bits per heavy atom. The SMILES string of the molecule is COc1ccc([C@H]2CC(=O)C3=C(C2)Nc2nonc2N[C@@H]3c2cc(OC)cc(OC)c2)cc1. The number of ketones is 1. The smallest absolute Gasteiger partial charge is 0.219 e. The molecule has 0 bridgehead atoms. The first-order chi connectivity index (χ1) is 16.1. The third kappa shape index (κ3) is 3.86. The number of nitrogens with zero attached hydrogens (tertiary/aromatic N) is 2. The predicted octanol–water partition coefficient (Wildman–Crippen LogP) is 4.07. The topological polar surface area (TPSA) is 108 Å². The van der Waals surface area contributed by atoms with E-state index in [1.807, 2.05) is 36.4 Å². The van der Waals surface area contributed by atoms with Gasteiger partial charge < -0.3 is 24.8 Å². The number of allylic oxidation sites excluding steroid dienone is 1. The highest BCUT2D eigenvalue weighted by molar-refractivity contribution is 6.00. The third-order valence-electron chi connectivity index (χ3n) is 6.13. The standard InChI is InChI=1S/C24H24N4O5/c1-30-16-6-4-13(5-7-16)14-10-19-21(20(29)11-14)22(26-24-23(25-19)27-33-28-24)15-8-17(31-2)12-18(9-15)32-3/h4-9,12,14,22H,10-11H2,1-3H3,(H,25,27)(H,26,28)/t14-,22-/m1/s1. The number of methoxy groups -OCH3 is 3. The predicted molar refractivity (Wildman–Crippen MR) is 121 cm³/mol. The van der Waals surface area contributed by atoms with Crippen molar-refractivity contribution >= 4 is 17.4 Å². The highest BCUT2D eigenvalue weighted by atomic mass is 16.6. The van der Waals surface area contributed by atoms with Gasteiger partial charge in [0.15, 0.2) is 5.78 Å². The fraction of sp³-hybridized carbons (Fsp3) is 0.292. The second kappa shape index (κ2) is 8.50. The summed E-state index contributed by atoms with van der Waals surface area (Å²) in [5, 5.41) is 14.6. The van der Waals surface area contributed by atoms with E-state index in [9.17, 15) is 4.79 Å². The minimum atomic E-state index is -0.478. The largest absolute Gasteiger partial charge is 0.497 e. The first kappa shape index (κ1) is 20.9. The van der Waals surface area contributed by atoms with E-state index in [4.69, 9.17) is 18.8 Å². The van der Waals surface area contributed by atoms with Crippen LogP contribution in [0.2, 0.25) is 0 Å². The summed E-state index contributed by atoms with van der Waals surface area (Å²) in [6, 6.07) is 12.9. The lowest BCUT2D eigenvalue weighted by molar-refractivity contribution is -0.116. The molecule has 1 aromatic heterocycles. The molecule has 1 aliphatic carbocycles. The van der Waals surface area contributed by atoms with Crippen LogP contribution in [0.25, 0.3) is 0 Å². The van der Waals surface area contributed by atoms with E-state index in [0.717, 1.165) is 22.6 Å². The Hall–Kier alpha value is -4.01. The van der Waals surface area contributed by atoms with Gasteiger partial charge in [0.25, 0.3) is 0 Å². The average molecular weight is 448 g/mol. The van der Waals surface area contributed by atoms with Gasteiger partial charge >= 0.3 is 0 Å². The number of aromatic nitrogens is 2. The van der Waals surface area contributed by atoms with Crippen molar-refractivity contribution in [2.75, 3.05) is 32.0 Å². The molecule has 2 N–H and O–H groups in total. The number of rotatable bonds is 5. The summed E-state index contributed by atoms with van der Waals surface area (Å²) < 4.78 is 21.1. The molecule has 9 heteroatoms. The molecule has 0 saturated heterocycles. The van der Waals surface area contributed by atoms with E-state index in [0.29, 0.717) is 41.5 Å². The van der Waals surface area contributed by atoms with Gasteiger partial charge in [-0.15, -0.1) is 0 Å². The van der Waals surface area contributed by atoms with Gasteiger partial charge in [-0.1, -0.05) is 12.1 Å². The van der Waals surface area contributed by atoms with Crippen molar-refractivity contribution in [2.24, 2.45) is 0 Å². The van der Waals surface area contributed by atoms with Crippen LogP contribution in [0.4, 0.5) is 11.6 Å². The molecule has 0 unspecified atom stereocenters. The Kier molecular flexibility index (Phi) is 5.37. The van der Waals surface area contributed by atoms with Crippen LogP contribution in [-0.4, -0.2) is 37.4 Å². The van der Waals surface area contributed by atoms with E-state index in [-0.39, 0.29) is 11.7 Å². The van der Waals surface area contributed by atoms with E-state index in [1.165, 1.54) is 0 Å². The van der Waals surface area contributed by atoms with Gasteiger partial charge in [-0.25, -0.2) is 4.63 Å². The summed E-state index contributed by atoms with van der Waals surface area (Å²) in [5.41, 5.74) is 3.33. The Bertz CT molecular complexity index is 1200. The van der Waals surface area contributed by atoms with Crippen LogP contribution in [-0.2, 0) is 4.79 Å². The zero-order valence-corrected chi connectivity index (χ0v) is 18.5. The van der Waals surface area contributed by atoms with Crippen molar-refractivity contribution in [3.8, 4) is 17.2 Å². The quantitative estimate of drug-likeness (QED) is 0.597. The van der Waals surface area contributed by atoms with Gasteiger partial charge in [0.1, 0.15) is 17.2 Å². The number of anilines is 2. The molecule has 0 saturated carbocycles. The highest BCUT2D eigenvalue weighted by Gasteiger charge is 2.37. The Morgan fingerprint density at radius 2 is 1.52 bits per heavy atom. The van der Waals surface area contributed by atoms with Gasteiger partial charge in [-0.3, -0.25) is 4.79 Å². The van der Waals surface area contributed by atoms with Crippen molar-refractivity contribution in [2.45, 2.75) is 24.8 Å². The molecule has 0 amide bonds. The van der Waals surface area contributed by atoms with Gasteiger partial charge in [-0.2, -0.15) is 0 Å². The molecule has 0 radical (unpaired) electrons. The molecule has 170 valence electrons. The zero-order chi connectivity index (χ0) is 22.9. The second-order valence-electron chi connectivity index (χ2n) is 8.00. The minimum Gasteiger partial charge on any atom is -0.497 e. The normalized spacial score (nSPS) is 19.5. The van der Waals surface area contributed by atoms with Gasteiger partial charge in [0.05, 0.1) is 27.4 Å². The Morgan fingerprint density at radius 3 is 2.18 bits per heavy atom. The van der Waals surface area contributed by atoms with Crippen LogP contribution in [0, 0.1) is 0 Å². The van der Waals surface area contributed by atoms with E-state index in [1.54, 1.807) is 27.4 Å². The number of Topliss-reactive ketones (excluding diaryl/α,β-unsaturated/α-hetero) is 1. The molecule has 0 spiro atoms. The van der Waals surface area contributed by atoms with Gasteiger partial charge in [-0.05, 0) is 58.0 Å². The molecular formula is C24H24N4O5. The molecule has 0 fully saturated rings. The molecule has 2 atom stereocenters. The summed E-state index contributed by atoms with van der Waals surface area (Å²) in [7, 11) is 4.82. The molecule has 33 heavy (non-hydrogen) atoms. The van der Waals surface area contributed by atoms with E-state index in [2.05, 4.69) is 20.9 Å². The lowest BCUT2D eigenvalue weighted by atomic mass is 9.78. The van der Waals surface area contributed by atoms with Crippen LogP contribution >= 0.6 is 0 Å². The average Bonchev–Trinajstić information content (AvgIpc) is 3.22.